The zero-order valence-electron chi connectivity index (χ0n) is 11.9. The first-order valence-corrected chi connectivity index (χ1v) is 7.40. The molecule has 1 aliphatic rings. The maximum atomic E-state index is 12.3. The Morgan fingerprint density at radius 1 is 1.29 bits per heavy atom. The van der Waals surface area contributed by atoms with Gasteiger partial charge in [0.05, 0.1) is 5.69 Å². The number of nitrogens with two attached hydrogens (primary N) is 1. The topological polar surface area (TPSA) is 72.9 Å². The number of carbonyl (C=O) groups is 1. The molecule has 0 radical (unpaired) electrons. The van der Waals surface area contributed by atoms with Crippen LogP contribution in [0.5, 0.6) is 0 Å². The van der Waals surface area contributed by atoms with Crippen LogP contribution in [-0.4, -0.2) is 22.2 Å². The summed E-state index contributed by atoms with van der Waals surface area (Å²) in [6.45, 7) is 0.580. The van der Waals surface area contributed by atoms with Crippen LogP contribution < -0.4 is 11.1 Å². The van der Waals surface area contributed by atoms with E-state index in [4.69, 9.17) is 5.73 Å². The van der Waals surface area contributed by atoms with Crippen LogP contribution >= 0.6 is 0 Å². The summed E-state index contributed by atoms with van der Waals surface area (Å²) in [5, 5.41) is 7.31. The smallest absolute Gasteiger partial charge is 0.229 e. The molecule has 1 saturated carbocycles. The van der Waals surface area contributed by atoms with E-state index in [1.165, 1.54) is 0 Å². The molecular formula is C16H20N4O. The quantitative estimate of drug-likeness (QED) is 0.904. The Morgan fingerprint density at radius 3 is 2.86 bits per heavy atom. The van der Waals surface area contributed by atoms with Gasteiger partial charge in [0.25, 0.3) is 0 Å². The minimum Gasteiger partial charge on any atom is -0.330 e. The lowest BCUT2D eigenvalue weighted by Crippen LogP contribution is -2.29. The van der Waals surface area contributed by atoms with Gasteiger partial charge in [-0.2, -0.15) is 5.10 Å². The van der Waals surface area contributed by atoms with Gasteiger partial charge in [0.15, 0.2) is 5.82 Å². The molecule has 3 N–H and O–H groups in total. The van der Waals surface area contributed by atoms with Crippen LogP contribution in [0.4, 0.5) is 5.82 Å². The Kier molecular flexibility index (Phi) is 4.01. The van der Waals surface area contributed by atoms with E-state index in [1.54, 1.807) is 4.68 Å². The highest BCUT2D eigenvalue weighted by atomic mass is 16.2. The Morgan fingerprint density at radius 2 is 2.10 bits per heavy atom. The summed E-state index contributed by atoms with van der Waals surface area (Å²) < 4.78 is 1.75. The van der Waals surface area contributed by atoms with Crippen LogP contribution in [0.25, 0.3) is 5.69 Å². The number of aromatic nitrogens is 2. The third-order valence-electron chi connectivity index (χ3n) is 4.16. The monoisotopic (exact) mass is 284 g/mol. The summed E-state index contributed by atoms with van der Waals surface area (Å²) >= 11 is 0. The molecule has 2 atom stereocenters. The van der Waals surface area contributed by atoms with Crippen molar-refractivity contribution in [1.82, 2.24) is 9.78 Å². The van der Waals surface area contributed by atoms with Crippen LogP contribution in [0, 0.1) is 11.8 Å². The third kappa shape index (κ3) is 2.97. The summed E-state index contributed by atoms with van der Waals surface area (Å²) in [4.78, 5) is 12.3. The van der Waals surface area contributed by atoms with Crippen molar-refractivity contribution in [3.05, 3.63) is 42.6 Å². The summed E-state index contributed by atoms with van der Waals surface area (Å²) in [6.07, 6.45) is 4.90. The molecule has 0 aliphatic heterocycles. The van der Waals surface area contributed by atoms with E-state index in [2.05, 4.69) is 10.4 Å². The van der Waals surface area contributed by atoms with Gasteiger partial charge >= 0.3 is 0 Å². The van der Waals surface area contributed by atoms with Crippen molar-refractivity contribution in [1.29, 1.82) is 0 Å². The molecule has 5 heteroatoms. The van der Waals surface area contributed by atoms with Crippen LogP contribution in [0.2, 0.25) is 0 Å². The second-order valence-electron chi connectivity index (χ2n) is 5.50. The average Bonchev–Trinajstić information content (AvgIpc) is 3.16. The maximum absolute atomic E-state index is 12.3. The number of rotatable bonds is 4. The lowest BCUT2D eigenvalue weighted by molar-refractivity contribution is -0.120. The summed E-state index contributed by atoms with van der Waals surface area (Å²) in [6, 6.07) is 11.6. The molecule has 0 unspecified atom stereocenters. The highest BCUT2D eigenvalue weighted by molar-refractivity contribution is 5.92. The minimum atomic E-state index is 0.0249. The van der Waals surface area contributed by atoms with E-state index < -0.39 is 0 Å². The Bertz CT molecular complexity index is 608. The molecule has 21 heavy (non-hydrogen) atoms. The first-order valence-electron chi connectivity index (χ1n) is 7.40. The molecule has 1 amide bonds. The minimum absolute atomic E-state index is 0.0249. The average molecular weight is 284 g/mol. The van der Waals surface area contributed by atoms with Gasteiger partial charge in [-0.1, -0.05) is 24.6 Å². The number of hydrogen-bond donors (Lipinski definition) is 2. The fourth-order valence-electron chi connectivity index (χ4n) is 3.00. The third-order valence-corrected chi connectivity index (χ3v) is 4.16. The molecule has 1 fully saturated rings. The van der Waals surface area contributed by atoms with Crippen molar-refractivity contribution >= 4 is 11.7 Å². The molecule has 1 heterocycles. The fourth-order valence-corrected chi connectivity index (χ4v) is 3.00. The number of amides is 1. The van der Waals surface area contributed by atoms with Crippen molar-refractivity contribution in [2.75, 3.05) is 11.9 Å². The molecule has 1 aliphatic carbocycles. The molecule has 3 rings (SSSR count). The van der Waals surface area contributed by atoms with E-state index in [0.717, 1.165) is 24.9 Å². The summed E-state index contributed by atoms with van der Waals surface area (Å²) in [5.41, 5.74) is 6.71. The van der Waals surface area contributed by atoms with Crippen LogP contribution in [0.3, 0.4) is 0 Å². The highest BCUT2D eigenvalue weighted by Crippen LogP contribution is 2.31. The van der Waals surface area contributed by atoms with Crippen molar-refractivity contribution in [3.63, 3.8) is 0 Å². The van der Waals surface area contributed by atoms with Crippen molar-refractivity contribution in [2.24, 2.45) is 17.6 Å². The van der Waals surface area contributed by atoms with Gasteiger partial charge in [0.2, 0.25) is 5.91 Å². The Hall–Kier alpha value is -2.14. The van der Waals surface area contributed by atoms with Crippen LogP contribution in [0.15, 0.2) is 42.6 Å². The number of hydrogen-bond acceptors (Lipinski definition) is 3. The van der Waals surface area contributed by atoms with E-state index in [9.17, 15) is 4.79 Å². The SMILES string of the molecule is NC[C@H]1CCC[C@H]1C(=O)Nc1ccn(-c2ccccc2)n1. The second kappa shape index (κ2) is 6.10. The van der Waals surface area contributed by atoms with E-state index >= 15 is 0 Å². The van der Waals surface area contributed by atoms with Crippen LogP contribution in [-0.2, 0) is 4.79 Å². The predicted octanol–water partition coefficient (Wildman–Crippen LogP) is 2.19. The molecule has 0 saturated heterocycles. The molecule has 2 aromatic rings. The number of anilines is 1. The lowest BCUT2D eigenvalue weighted by Gasteiger charge is -2.16. The summed E-state index contributed by atoms with van der Waals surface area (Å²) in [5.74, 6) is 0.964. The first kappa shape index (κ1) is 13.8. The molecule has 0 spiro atoms. The van der Waals surface area contributed by atoms with Gasteiger partial charge in [-0.25, -0.2) is 4.68 Å². The Balaban J connectivity index is 1.69. The second-order valence-corrected chi connectivity index (χ2v) is 5.50. The highest BCUT2D eigenvalue weighted by Gasteiger charge is 2.32. The zero-order chi connectivity index (χ0) is 14.7. The van der Waals surface area contributed by atoms with Crippen molar-refractivity contribution in [2.45, 2.75) is 19.3 Å². The normalized spacial score (nSPS) is 21.4. The molecule has 0 bridgehead atoms. The van der Waals surface area contributed by atoms with Gasteiger partial charge in [0.1, 0.15) is 0 Å². The summed E-state index contributed by atoms with van der Waals surface area (Å²) in [7, 11) is 0. The van der Waals surface area contributed by atoms with E-state index in [-0.39, 0.29) is 11.8 Å². The Labute approximate surface area is 124 Å². The molecule has 1 aromatic heterocycles. The van der Waals surface area contributed by atoms with Crippen molar-refractivity contribution < 1.29 is 4.79 Å². The van der Waals surface area contributed by atoms with Crippen molar-refractivity contribution in [3.8, 4) is 5.69 Å². The van der Waals surface area contributed by atoms with Gasteiger partial charge in [-0.15, -0.1) is 0 Å². The van der Waals surface area contributed by atoms with Gasteiger partial charge < -0.3 is 11.1 Å². The molecule has 5 nitrogen and oxygen atoms in total. The van der Waals surface area contributed by atoms with Crippen LogP contribution in [0.1, 0.15) is 19.3 Å². The molecule has 1 aromatic carbocycles. The number of carbonyl (C=O) groups excluding carboxylic acids is 1. The first-order chi connectivity index (χ1) is 10.3. The van der Waals surface area contributed by atoms with Gasteiger partial charge in [-0.05, 0) is 37.4 Å². The number of para-hydroxylation sites is 1. The largest absolute Gasteiger partial charge is 0.330 e. The standard InChI is InChI=1S/C16H20N4O/c17-11-12-5-4-8-14(12)16(21)18-15-9-10-20(19-15)13-6-2-1-3-7-13/h1-3,6-7,9-10,12,14H,4-5,8,11,17H2,(H,18,19,21)/t12-,14-/m1/s1. The predicted molar refractivity (Wildman–Crippen MR) is 82.1 cm³/mol. The number of benzene rings is 1. The number of nitrogens with zero attached hydrogens (tertiary/aromatic N) is 2. The fraction of sp³-hybridized carbons (Fsp3) is 0.375. The van der Waals surface area contributed by atoms with Gasteiger partial charge in [0, 0.05) is 18.2 Å². The van der Waals surface area contributed by atoms with E-state index in [0.29, 0.717) is 18.3 Å². The molecular weight excluding hydrogens is 264 g/mol. The number of nitrogens with one attached hydrogen (secondary N) is 1. The molecule has 110 valence electrons. The van der Waals surface area contributed by atoms with Gasteiger partial charge in [-0.3, -0.25) is 4.79 Å². The van der Waals surface area contributed by atoms with E-state index in [1.807, 2.05) is 42.6 Å². The maximum Gasteiger partial charge on any atom is 0.229 e. The zero-order valence-corrected chi connectivity index (χ0v) is 11.9. The lowest BCUT2D eigenvalue weighted by atomic mass is 9.95.